The topological polar surface area (TPSA) is 25.2 Å². The molecule has 0 atom stereocenters. The first-order valence-electron chi connectivity index (χ1n) is 6.06. The summed E-state index contributed by atoms with van der Waals surface area (Å²) in [5, 5.41) is 1.34. The van der Waals surface area contributed by atoms with E-state index in [9.17, 15) is 4.39 Å². The predicted octanol–water partition coefficient (Wildman–Crippen LogP) is 4.78. The summed E-state index contributed by atoms with van der Waals surface area (Å²) >= 11 is 5.93. The first-order chi connectivity index (χ1) is 9.72. The van der Waals surface area contributed by atoms with Gasteiger partial charge >= 0.3 is 0 Å². The molecular formula is C16H10ClFN2. The summed E-state index contributed by atoms with van der Waals surface area (Å²) in [6.07, 6.45) is 3.46. The molecule has 0 radical (unpaired) electrons. The van der Waals surface area contributed by atoms with Gasteiger partial charge in [-0.25, -0.2) is 4.39 Å². The fraction of sp³-hybridized carbons (Fsp3) is 0. The van der Waals surface area contributed by atoms with Crippen molar-refractivity contribution >= 4 is 34.4 Å². The van der Waals surface area contributed by atoms with Crippen molar-refractivity contribution < 1.29 is 4.39 Å². The van der Waals surface area contributed by atoms with E-state index in [1.165, 1.54) is 12.1 Å². The Labute approximate surface area is 120 Å². The van der Waals surface area contributed by atoms with E-state index in [0.29, 0.717) is 10.7 Å². The lowest BCUT2D eigenvalue weighted by atomic mass is 10.1. The molecule has 2 aromatic carbocycles. The van der Waals surface area contributed by atoms with Crippen molar-refractivity contribution in [2.45, 2.75) is 0 Å². The third-order valence-corrected chi connectivity index (χ3v) is 3.19. The van der Waals surface area contributed by atoms with Crippen molar-refractivity contribution in [2.24, 2.45) is 4.99 Å². The third kappa shape index (κ3) is 2.68. The Hall–Kier alpha value is -2.26. The average Bonchev–Trinajstić information content (AvgIpc) is 2.46. The van der Waals surface area contributed by atoms with E-state index in [1.54, 1.807) is 18.5 Å². The van der Waals surface area contributed by atoms with Crippen LogP contribution in [0.4, 0.5) is 10.1 Å². The number of halogens is 2. The van der Waals surface area contributed by atoms with Gasteiger partial charge in [0.25, 0.3) is 0 Å². The molecule has 3 aromatic rings. The molecule has 3 rings (SSSR count). The fourth-order valence-corrected chi connectivity index (χ4v) is 2.12. The first kappa shape index (κ1) is 12.8. The highest BCUT2D eigenvalue weighted by Crippen LogP contribution is 2.25. The van der Waals surface area contributed by atoms with Crippen LogP contribution >= 0.6 is 11.6 Å². The molecule has 2 nitrogen and oxygen atoms in total. The van der Waals surface area contributed by atoms with Crippen molar-refractivity contribution in [3.8, 4) is 0 Å². The summed E-state index contributed by atoms with van der Waals surface area (Å²) in [5.74, 6) is -0.370. The highest BCUT2D eigenvalue weighted by molar-refractivity contribution is 6.33. The minimum absolute atomic E-state index is 0.295. The van der Waals surface area contributed by atoms with Gasteiger partial charge < -0.3 is 0 Å². The van der Waals surface area contributed by atoms with Gasteiger partial charge in [-0.3, -0.25) is 9.98 Å². The van der Waals surface area contributed by atoms with Crippen LogP contribution in [0.5, 0.6) is 0 Å². The van der Waals surface area contributed by atoms with Gasteiger partial charge in [-0.05, 0) is 42.0 Å². The maximum atomic E-state index is 12.9. The predicted molar refractivity (Wildman–Crippen MR) is 80.4 cm³/mol. The van der Waals surface area contributed by atoms with Crippen molar-refractivity contribution in [3.63, 3.8) is 0 Å². The number of fused-ring (bicyclic) bond motifs is 1. The van der Waals surface area contributed by atoms with Gasteiger partial charge in [0.1, 0.15) is 5.82 Å². The van der Waals surface area contributed by atoms with Crippen molar-refractivity contribution in [3.05, 3.63) is 71.1 Å². The van der Waals surface area contributed by atoms with Crippen molar-refractivity contribution in [2.75, 3.05) is 0 Å². The maximum Gasteiger partial charge on any atom is 0.124 e. The van der Waals surface area contributed by atoms with E-state index in [2.05, 4.69) is 9.98 Å². The van der Waals surface area contributed by atoms with E-state index < -0.39 is 0 Å². The Morgan fingerprint density at radius 3 is 2.85 bits per heavy atom. The third-order valence-electron chi connectivity index (χ3n) is 2.89. The van der Waals surface area contributed by atoms with Gasteiger partial charge in [-0.2, -0.15) is 0 Å². The van der Waals surface area contributed by atoms with Crippen LogP contribution in [0.3, 0.4) is 0 Å². The smallest absolute Gasteiger partial charge is 0.124 e. The monoisotopic (exact) mass is 284 g/mol. The average molecular weight is 285 g/mol. The molecule has 0 bridgehead atoms. The number of hydrogen-bond donors (Lipinski definition) is 0. The van der Waals surface area contributed by atoms with Gasteiger partial charge in [-0.1, -0.05) is 23.7 Å². The SMILES string of the molecule is Fc1ccc(N=Cc2ccc3ncccc3c2)c(Cl)c1. The van der Waals surface area contributed by atoms with E-state index >= 15 is 0 Å². The summed E-state index contributed by atoms with van der Waals surface area (Å²) < 4.78 is 12.9. The number of nitrogens with zero attached hydrogens (tertiary/aromatic N) is 2. The van der Waals surface area contributed by atoms with Crippen LogP contribution in [-0.2, 0) is 0 Å². The second kappa shape index (κ2) is 5.39. The molecule has 0 aliphatic heterocycles. The standard InChI is InChI=1S/C16H10ClFN2/c17-14-9-13(18)4-6-16(14)20-10-11-3-5-15-12(8-11)2-1-7-19-15/h1-10H. The van der Waals surface area contributed by atoms with E-state index in [-0.39, 0.29) is 5.82 Å². The zero-order chi connectivity index (χ0) is 13.9. The Kier molecular flexibility index (Phi) is 3.44. The van der Waals surface area contributed by atoms with Gasteiger partial charge in [-0.15, -0.1) is 0 Å². The minimum atomic E-state index is -0.370. The van der Waals surface area contributed by atoms with Gasteiger partial charge in [0.15, 0.2) is 0 Å². The molecule has 4 heteroatoms. The molecule has 0 spiro atoms. The van der Waals surface area contributed by atoms with Crippen molar-refractivity contribution in [1.29, 1.82) is 0 Å². The number of aliphatic imine (C=N–C) groups is 1. The Balaban J connectivity index is 1.93. The zero-order valence-corrected chi connectivity index (χ0v) is 11.2. The number of rotatable bonds is 2. The lowest BCUT2D eigenvalue weighted by molar-refractivity contribution is 0.628. The highest BCUT2D eigenvalue weighted by atomic mass is 35.5. The lowest BCUT2D eigenvalue weighted by Crippen LogP contribution is -1.83. The summed E-state index contributed by atoms with van der Waals surface area (Å²) in [6.45, 7) is 0. The molecule has 20 heavy (non-hydrogen) atoms. The Morgan fingerprint density at radius 1 is 1.10 bits per heavy atom. The highest BCUT2D eigenvalue weighted by Gasteiger charge is 2.00. The molecular weight excluding hydrogens is 275 g/mol. The fourth-order valence-electron chi connectivity index (χ4n) is 1.90. The normalized spacial score (nSPS) is 11.3. The van der Waals surface area contributed by atoms with Gasteiger partial charge in [0.2, 0.25) is 0 Å². The number of hydrogen-bond acceptors (Lipinski definition) is 2. The van der Waals surface area contributed by atoms with Crippen LogP contribution in [0.25, 0.3) is 10.9 Å². The molecule has 0 N–H and O–H groups in total. The van der Waals surface area contributed by atoms with Crippen molar-refractivity contribution in [1.82, 2.24) is 4.98 Å². The molecule has 98 valence electrons. The lowest BCUT2D eigenvalue weighted by Gasteiger charge is -2.00. The Morgan fingerprint density at radius 2 is 2.00 bits per heavy atom. The van der Waals surface area contributed by atoms with Crippen LogP contribution < -0.4 is 0 Å². The molecule has 1 heterocycles. The summed E-state index contributed by atoms with van der Waals surface area (Å²) in [7, 11) is 0. The quantitative estimate of drug-likeness (QED) is 0.622. The number of aromatic nitrogens is 1. The number of pyridine rings is 1. The second-order valence-corrected chi connectivity index (χ2v) is 4.72. The van der Waals surface area contributed by atoms with Crippen LogP contribution in [0.2, 0.25) is 5.02 Å². The largest absolute Gasteiger partial charge is 0.256 e. The summed E-state index contributed by atoms with van der Waals surface area (Å²) in [5.41, 5.74) is 2.41. The van der Waals surface area contributed by atoms with Crippen LogP contribution in [0, 0.1) is 5.82 Å². The van der Waals surface area contributed by atoms with E-state index in [4.69, 9.17) is 11.6 Å². The molecule has 1 aromatic heterocycles. The van der Waals surface area contributed by atoms with Gasteiger partial charge in [0, 0.05) is 17.8 Å². The second-order valence-electron chi connectivity index (χ2n) is 4.31. The molecule has 0 saturated carbocycles. The van der Waals surface area contributed by atoms with E-state index in [0.717, 1.165) is 16.5 Å². The molecule has 0 aliphatic rings. The van der Waals surface area contributed by atoms with Crippen LogP contribution in [0.15, 0.2) is 59.7 Å². The molecule has 0 fully saturated rings. The molecule has 0 aliphatic carbocycles. The van der Waals surface area contributed by atoms with Crippen LogP contribution in [0.1, 0.15) is 5.56 Å². The zero-order valence-electron chi connectivity index (χ0n) is 10.4. The van der Waals surface area contributed by atoms with Crippen LogP contribution in [-0.4, -0.2) is 11.2 Å². The first-order valence-corrected chi connectivity index (χ1v) is 6.44. The van der Waals surface area contributed by atoms with Gasteiger partial charge in [0.05, 0.1) is 16.2 Å². The molecule has 0 amide bonds. The summed E-state index contributed by atoms with van der Waals surface area (Å²) in [6, 6.07) is 13.9. The number of benzene rings is 2. The Bertz CT molecular complexity index is 799. The van der Waals surface area contributed by atoms with E-state index in [1.807, 2.05) is 30.3 Å². The minimum Gasteiger partial charge on any atom is -0.256 e. The molecule has 0 saturated heterocycles. The maximum absolute atomic E-state index is 12.9. The summed E-state index contributed by atoms with van der Waals surface area (Å²) in [4.78, 5) is 8.54. The molecule has 0 unspecified atom stereocenters.